The van der Waals surface area contributed by atoms with Crippen LogP contribution in [0.1, 0.15) is 32.6 Å². The molecule has 21 heavy (non-hydrogen) atoms. The Kier molecular flexibility index (Phi) is 8.79. The lowest BCUT2D eigenvalue weighted by Gasteiger charge is -2.43. The molecule has 0 aromatic rings. The van der Waals surface area contributed by atoms with Gasteiger partial charge in [-0.15, -0.1) is 0 Å². The van der Waals surface area contributed by atoms with Crippen LogP contribution in [0, 0.1) is 11.3 Å². The SMILES string of the molecule is COCCNCC1(CN(C)CCN(C)C)CCCC(C)C1. The van der Waals surface area contributed by atoms with Crippen molar-refractivity contribution in [3.05, 3.63) is 0 Å². The molecular weight excluding hydrogens is 262 g/mol. The molecule has 1 aliphatic carbocycles. The Labute approximate surface area is 132 Å². The van der Waals surface area contributed by atoms with E-state index in [-0.39, 0.29) is 0 Å². The maximum atomic E-state index is 5.15. The Morgan fingerprint density at radius 1 is 1.24 bits per heavy atom. The lowest BCUT2D eigenvalue weighted by Crippen LogP contribution is -2.47. The van der Waals surface area contributed by atoms with Gasteiger partial charge in [-0.2, -0.15) is 0 Å². The van der Waals surface area contributed by atoms with E-state index >= 15 is 0 Å². The fourth-order valence-corrected chi connectivity index (χ4v) is 3.68. The summed E-state index contributed by atoms with van der Waals surface area (Å²) in [5.41, 5.74) is 0.451. The fourth-order valence-electron chi connectivity index (χ4n) is 3.68. The van der Waals surface area contributed by atoms with Crippen LogP contribution < -0.4 is 5.32 Å². The molecule has 1 aliphatic rings. The predicted octanol–water partition coefficient (Wildman–Crippen LogP) is 1.91. The van der Waals surface area contributed by atoms with Gasteiger partial charge in [0.15, 0.2) is 0 Å². The minimum absolute atomic E-state index is 0.451. The maximum Gasteiger partial charge on any atom is 0.0587 e. The van der Waals surface area contributed by atoms with Gasteiger partial charge in [0.2, 0.25) is 0 Å². The average Bonchev–Trinajstić information content (AvgIpc) is 2.41. The van der Waals surface area contributed by atoms with Crippen LogP contribution in [-0.2, 0) is 4.74 Å². The zero-order chi connectivity index (χ0) is 15.7. The van der Waals surface area contributed by atoms with Crippen LogP contribution in [0.5, 0.6) is 0 Å². The van der Waals surface area contributed by atoms with Gasteiger partial charge in [-0.25, -0.2) is 0 Å². The van der Waals surface area contributed by atoms with Crippen molar-refractivity contribution in [2.24, 2.45) is 11.3 Å². The zero-order valence-corrected chi connectivity index (χ0v) is 15.0. The largest absolute Gasteiger partial charge is 0.383 e. The molecule has 2 unspecified atom stereocenters. The van der Waals surface area contributed by atoms with Crippen molar-refractivity contribution in [2.75, 3.05) is 67.6 Å². The molecule has 2 atom stereocenters. The topological polar surface area (TPSA) is 27.7 Å². The van der Waals surface area contributed by atoms with E-state index in [0.29, 0.717) is 5.41 Å². The van der Waals surface area contributed by atoms with Crippen molar-refractivity contribution in [1.29, 1.82) is 0 Å². The van der Waals surface area contributed by atoms with Crippen LogP contribution in [0.15, 0.2) is 0 Å². The number of hydrogen-bond donors (Lipinski definition) is 1. The van der Waals surface area contributed by atoms with Gasteiger partial charge in [0.05, 0.1) is 6.61 Å². The van der Waals surface area contributed by atoms with Crippen molar-refractivity contribution in [3.8, 4) is 0 Å². The quantitative estimate of drug-likeness (QED) is 0.624. The summed E-state index contributed by atoms with van der Waals surface area (Å²) in [5, 5.41) is 3.63. The molecule has 0 saturated heterocycles. The minimum Gasteiger partial charge on any atom is -0.383 e. The van der Waals surface area contributed by atoms with Gasteiger partial charge < -0.3 is 19.9 Å². The second-order valence-electron chi connectivity index (χ2n) is 7.41. The van der Waals surface area contributed by atoms with Gasteiger partial charge in [0.1, 0.15) is 0 Å². The van der Waals surface area contributed by atoms with Gasteiger partial charge in [-0.3, -0.25) is 0 Å². The van der Waals surface area contributed by atoms with E-state index in [2.05, 4.69) is 43.2 Å². The van der Waals surface area contributed by atoms with Gasteiger partial charge >= 0.3 is 0 Å². The van der Waals surface area contributed by atoms with Gasteiger partial charge in [-0.1, -0.05) is 19.8 Å². The third-order valence-corrected chi connectivity index (χ3v) is 4.70. The van der Waals surface area contributed by atoms with Crippen LogP contribution in [0.4, 0.5) is 0 Å². The Hall–Kier alpha value is -0.160. The predicted molar refractivity (Wildman–Crippen MR) is 90.9 cm³/mol. The van der Waals surface area contributed by atoms with E-state index < -0.39 is 0 Å². The maximum absolute atomic E-state index is 5.15. The van der Waals surface area contributed by atoms with Gasteiger partial charge in [-0.05, 0) is 45.3 Å². The van der Waals surface area contributed by atoms with Crippen molar-refractivity contribution in [1.82, 2.24) is 15.1 Å². The molecule has 0 radical (unpaired) electrons. The van der Waals surface area contributed by atoms with Crippen LogP contribution in [0.2, 0.25) is 0 Å². The van der Waals surface area contributed by atoms with Crippen LogP contribution in [0.3, 0.4) is 0 Å². The van der Waals surface area contributed by atoms with Crippen molar-refractivity contribution >= 4 is 0 Å². The Morgan fingerprint density at radius 3 is 2.62 bits per heavy atom. The number of methoxy groups -OCH3 is 1. The summed E-state index contributed by atoms with van der Waals surface area (Å²) in [6.07, 6.45) is 5.51. The van der Waals surface area contributed by atoms with Crippen LogP contribution in [-0.4, -0.2) is 77.4 Å². The Bertz CT molecular complexity index is 273. The second kappa shape index (κ2) is 9.78. The van der Waals surface area contributed by atoms with Crippen LogP contribution >= 0.6 is 0 Å². The first kappa shape index (κ1) is 18.9. The highest BCUT2D eigenvalue weighted by Gasteiger charge is 2.35. The number of nitrogens with one attached hydrogen (secondary N) is 1. The first-order valence-electron chi connectivity index (χ1n) is 8.50. The highest BCUT2D eigenvalue weighted by molar-refractivity contribution is 4.89. The smallest absolute Gasteiger partial charge is 0.0587 e. The molecule has 0 heterocycles. The molecular formula is C17H37N3O. The zero-order valence-electron chi connectivity index (χ0n) is 15.0. The molecule has 4 nitrogen and oxygen atoms in total. The monoisotopic (exact) mass is 299 g/mol. The summed E-state index contributed by atoms with van der Waals surface area (Å²) in [6, 6.07) is 0. The molecule has 1 fully saturated rings. The van der Waals surface area contributed by atoms with E-state index in [4.69, 9.17) is 4.74 Å². The molecule has 1 saturated carbocycles. The standard InChI is InChI=1S/C17H37N3O/c1-16-7-6-8-17(13-16,14-18-9-12-21-5)15-20(4)11-10-19(2)3/h16,18H,6-15H2,1-5H3. The summed E-state index contributed by atoms with van der Waals surface area (Å²) in [6.45, 7) is 8.83. The Balaban J connectivity index is 2.50. The molecule has 1 N–H and O–H groups in total. The highest BCUT2D eigenvalue weighted by Crippen LogP contribution is 2.39. The number of hydrogen-bond acceptors (Lipinski definition) is 4. The second-order valence-corrected chi connectivity index (χ2v) is 7.41. The number of rotatable bonds is 10. The van der Waals surface area contributed by atoms with Crippen molar-refractivity contribution in [3.63, 3.8) is 0 Å². The number of nitrogens with zero attached hydrogens (tertiary/aromatic N) is 2. The number of likely N-dealkylation sites (N-methyl/N-ethyl adjacent to an activating group) is 2. The lowest BCUT2D eigenvalue weighted by molar-refractivity contribution is 0.0862. The van der Waals surface area contributed by atoms with E-state index in [0.717, 1.165) is 38.7 Å². The molecule has 0 aliphatic heterocycles. The van der Waals surface area contributed by atoms with Crippen molar-refractivity contribution in [2.45, 2.75) is 32.6 Å². The summed E-state index contributed by atoms with van der Waals surface area (Å²) in [4.78, 5) is 4.79. The molecule has 4 heteroatoms. The van der Waals surface area contributed by atoms with Crippen LogP contribution in [0.25, 0.3) is 0 Å². The third-order valence-electron chi connectivity index (χ3n) is 4.70. The normalized spacial score (nSPS) is 26.7. The Morgan fingerprint density at radius 2 is 2.00 bits per heavy atom. The molecule has 126 valence electrons. The summed E-state index contributed by atoms with van der Waals surface area (Å²) >= 11 is 0. The summed E-state index contributed by atoms with van der Waals surface area (Å²) in [5.74, 6) is 0.866. The molecule has 0 spiro atoms. The fraction of sp³-hybridized carbons (Fsp3) is 1.00. The molecule has 0 bridgehead atoms. The molecule has 0 aromatic heterocycles. The van der Waals surface area contributed by atoms with E-state index in [1.54, 1.807) is 7.11 Å². The minimum atomic E-state index is 0.451. The highest BCUT2D eigenvalue weighted by atomic mass is 16.5. The molecule has 1 rings (SSSR count). The van der Waals surface area contributed by atoms with Crippen molar-refractivity contribution < 1.29 is 4.74 Å². The summed E-state index contributed by atoms with van der Waals surface area (Å²) < 4.78 is 5.15. The van der Waals surface area contributed by atoms with E-state index in [1.807, 2.05) is 0 Å². The average molecular weight is 300 g/mol. The molecule has 0 amide bonds. The van der Waals surface area contributed by atoms with Gasteiger partial charge in [0.25, 0.3) is 0 Å². The summed E-state index contributed by atoms with van der Waals surface area (Å²) in [7, 11) is 8.35. The lowest BCUT2D eigenvalue weighted by atomic mass is 9.69. The third kappa shape index (κ3) is 7.59. The van der Waals surface area contributed by atoms with E-state index in [1.165, 1.54) is 32.2 Å². The van der Waals surface area contributed by atoms with Gasteiger partial charge in [0, 0.05) is 39.8 Å². The first-order chi connectivity index (χ1) is 9.97. The first-order valence-corrected chi connectivity index (χ1v) is 8.50. The van der Waals surface area contributed by atoms with E-state index in [9.17, 15) is 0 Å². The number of ether oxygens (including phenoxy) is 1. The molecule has 0 aromatic carbocycles.